The molecule has 2 aromatic rings. The molecule has 7 nitrogen and oxygen atoms in total. The van der Waals surface area contributed by atoms with Crippen LogP contribution >= 0.6 is 43.5 Å². The van der Waals surface area contributed by atoms with Crippen LogP contribution in [0.5, 0.6) is 0 Å². The van der Waals surface area contributed by atoms with Gasteiger partial charge in [-0.3, -0.25) is 9.78 Å². The zero-order valence-electron chi connectivity index (χ0n) is 23.6. The molecule has 2 fully saturated rings. The molecule has 3 heterocycles. The van der Waals surface area contributed by atoms with E-state index in [0.29, 0.717) is 37.6 Å². The molecule has 1 aromatic heterocycles. The lowest BCUT2D eigenvalue weighted by Crippen LogP contribution is -2.58. The van der Waals surface area contributed by atoms with Crippen LogP contribution in [0, 0.1) is 11.3 Å². The van der Waals surface area contributed by atoms with E-state index in [-0.39, 0.29) is 23.3 Å². The predicted octanol–water partition coefficient (Wildman–Crippen LogP) is 6.40. The van der Waals surface area contributed by atoms with Crippen LogP contribution in [0.2, 0.25) is 5.02 Å². The lowest BCUT2D eigenvalue weighted by molar-refractivity contribution is -0.135. The van der Waals surface area contributed by atoms with Gasteiger partial charge in [-0.25, -0.2) is 4.79 Å². The fourth-order valence-electron chi connectivity index (χ4n) is 6.65. The maximum Gasteiger partial charge on any atom is 0.314 e. The van der Waals surface area contributed by atoms with Crippen molar-refractivity contribution in [1.82, 2.24) is 14.8 Å². The summed E-state index contributed by atoms with van der Waals surface area (Å²) in [6, 6.07) is 5.72. The Morgan fingerprint density at radius 3 is 2.27 bits per heavy atom. The van der Waals surface area contributed by atoms with Crippen molar-refractivity contribution in [3.8, 4) is 0 Å². The number of hydrogen-bond acceptors (Lipinski definition) is 4. The van der Waals surface area contributed by atoms with E-state index in [0.717, 1.165) is 69.9 Å². The number of benzene rings is 1. The van der Waals surface area contributed by atoms with Gasteiger partial charge in [-0.1, -0.05) is 48.3 Å². The van der Waals surface area contributed by atoms with Gasteiger partial charge in [0.25, 0.3) is 0 Å². The van der Waals surface area contributed by atoms with Gasteiger partial charge in [0.2, 0.25) is 5.91 Å². The molecule has 0 radical (unpaired) electrons. The van der Waals surface area contributed by atoms with Crippen LogP contribution in [-0.4, -0.2) is 52.9 Å². The van der Waals surface area contributed by atoms with Gasteiger partial charge >= 0.3 is 6.03 Å². The van der Waals surface area contributed by atoms with Crippen molar-refractivity contribution < 1.29 is 9.59 Å². The molecule has 0 spiro atoms. The molecule has 0 bridgehead atoms. The first-order valence-electron chi connectivity index (χ1n) is 14.3. The van der Waals surface area contributed by atoms with Gasteiger partial charge in [0.05, 0.1) is 11.2 Å². The number of fused-ring (bicyclic) bond motifs is 2. The zero-order valence-corrected chi connectivity index (χ0v) is 27.5. The molecule has 1 atom stereocenters. The molecular weight excluding hydrogens is 658 g/mol. The van der Waals surface area contributed by atoms with Crippen LogP contribution in [0.3, 0.4) is 0 Å². The van der Waals surface area contributed by atoms with Gasteiger partial charge < -0.3 is 21.3 Å². The maximum atomic E-state index is 13.3. The molecule has 2 saturated heterocycles. The summed E-state index contributed by atoms with van der Waals surface area (Å²) < 4.78 is 1.84. The Hall–Kier alpha value is -1.68. The van der Waals surface area contributed by atoms with Crippen molar-refractivity contribution in [2.45, 2.75) is 71.3 Å². The number of nitrogens with zero attached hydrogens (tertiary/aromatic N) is 3. The minimum atomic E-state index is -0.852. The third-order valence-electron chi connectivity index (χ3n) is 9.06. The van der Waals surface area contributed by atoms with E-state index in [2.05, 4.69) is 44.8 Å². The highest BCUT2D eigenvalue weighted by Crippen LogP contribution is 2.54. The molecule has 1 aromatic carbocycles. The number of aryl methyl sites for hydroxylation is 2. The second-order valence-corrected chi connectivity index (χ2v) is 13.5. The number of carbonyl (C=O) groups is 2. The quantitative estimate of drug-likeness (QED) is 0.388. The Morgan fingerprint density at radius 2 is 1.65 bits per heavy atom. The van der Waals surface area contributed by atoms with Crippen LogP contribution in [-0.2, 0) is 23.2 Å². The molecule has 5 rings (SSSR count). The summed E-state index contributed by atoms with van der Waals surface area (Å²) in [6.45, 7) is 8.81. The van der Waals surface area contributed by atoms with Gasteiger partial charge in [0.15, 0.2) is 0 Å². The Bertz CT molecular complexity index is 1260. The number of amides is 3. The smallest absolute Gasteiger partial charge is 0.314 e. The summed E-state index contributed by atoms with van der Waals surface area (Å²) in [5, 5.41) is 0.685. The standard InChI is InChI=1S/C28H34Br2ClN5O2.C2H6/c1-27(6-10-35(11-7-27)23(37)12-17-4-8-36(9-5-17)26(32)38)28(33)24-18(14-21(31)15-22(24)30)2-3-19-13-20(29)16-34-25(19)28;1-2/h13-17H,2-12,33H2,1H3,(H2,32,38);1-2H3/t28-;/m0./s1. The Kier molecular flexibility index (Phi) is 9.91. The summed E-state index contributed by atoms with van der Waals surface area (Å²) in [7, 11) is 0. The number of aromatic nitrogens is 1. The summed E-state index contributed by atoms with van der Waals surface area (Å²) >= 11 is 13.9. The van der Waals surface area contributed by atoms with Crippen molar-refractivity contribution in [1.29, 1.82) is 0 Å². The van der Waals surface area contributed by atoms with E-state index in [1.807, 2.05) is 37.1 Å². The van der Waals surface area contributed by atoms with Crippen LogP contribution < -0.4 is 11.5 Å². The van der Waals surface area contributed by atoms with Gasteiger partial charge in [-0.05, 0) is 101 Å². The number of nitrogens with two attached hydrogens (primary N) is 2. The Balaban J connectivity index is 0.00000181. The fraction of sp³-hybridized carbons (Fsp3) is 0.567. The summed E-state index contributed by atoms with van der Waals surface area (Å²) in [5.74, 6) is 0.476. The highest BCUT2D eigenvalue weighted by atomic mass is 79.9. The predicted molar refractivity (Wildman–Crippen MR) is 167 cm³/mol. The SMILES string of the molecule is CC.CC1([C@@]2(N)c3ncc(Br)cc3CCc3cc(Cl)cc(Br)c32)CCN(C(=O)CC2CCN(C(N)=O)CC2)CC1. The number of primary amides is 1. The summed E-state index contributed by atoms with van der Waals surface area (Å²) in [4.78, 5) is 33.3. The Labute approximate surface area is 259 Å². The van der Waals surface area contributed by atoms with E-state index in [4.69, 9.17) is 28.1 Å². The normalized spacial score (nSPS) is 22.4. The minimum Gasteiger partial charge on any atom is -0.351 e. The average molecular weight is 698 g/mol. The summed E-state index contributed by atoms with van der Waals surface area (Å²) in [6.07, 6.45) is 7.17. The first-order chi connectivity index (χ1) is 19.0. The number of urea groups is 1. The minimum absolute atomic E-state index is 0.187. The summed E-state index contributed by atoms with van der Waals surface area (Å²) in [5.41, 5.74) is 16.1. The largest absolute Gasteiger partial charge is 0.351 e. The molecule has 40 heavy (non-hydrogen) atoms. The number of rotatable bonds is 3. The number of pyridine rings is 1. The number of likely N-dealkylation sites (tertiary alicyclic amines) is 2. The maximum absolute atomic E-state index is 13.3. The monoisotopic (exact) mass is 695 g/mol. The molecule has 218 valence electrons. The van der Waals surface area contributed by atoms with Crippen molar-refractivity contribution >= 4 is 55.4 Å². The molecule has 3 aliphatic rings. The van der Waals surface area contributed by atoms with Crippen molar-refractivity contribution in [3.63, 3.8) is 0 Å². The third kappa shape index (κ3) is 5.94. The molecule has 10 heteroatoms. The van der Waals surface area contributed by atoms with Crippen LogP contribution in [0.15, 0.2) is 33.3 Å². The number of hydrogen-bond donors (Lipinski definition) is 2. The van der Waals surface area contributed by atoms with Crippen LogP contribution in [0.4, 0.5) is 4.79 Å². The molecule has 0 saturated carbocycles. The van der Waals surface area contributed by atoms with E-state index < -0.39 is 5.54 Å². The molecular formula is C30H40Br2ClN5O2. The van der Waals surface area contributed by atoms with E-state index in [1.165, 1.54) is 0 Å². The number of carbonyl (C=O) groups excluding carboxylic acids is 2. The number of halogens is 3. The highest BCUT2D eigenvalue weighted by molar-refractivity contribution is 9.10. The van der Waals surface area contributed by atoms with Crippen LogP contribution in [0.1, 0.15) is 75.3 Å². The fourth-order valence-corrected chi connectivity index (χ4v) is 8.21. The first-order valence-corrected chi connectivity index (χ1v) is 16.2. The second-order valence-electron chi connectivity index (χ2n) is 11.3. The van der Waals surface area contributed by atoms with Gasteiger partial charge in [0.1, 0.15) is 0 Å². The molecule has 2 aliphatic heterocycles. The van der Waals surface area contributed by atoms with Crippen molar-refractivity contribution in [2.24, 2.45) is 22.8 Å². The van der Waals surface area contributed by atoms with Crippen molar-refractivity contribution in [2.75, 3.05) is 26.2 Å². The van der Waals surface area contributed by atoms with E-state index in [1.54, 1.807) is 4.90 Å². The second kappa shape index (κ2) is 12.7. The van der Waals surface area contributed by atoms with Gasteiger partial charge in [0, 0.05) is 52.8 Å². The highest BCUT2D eigenvalue weighted by Gasteiger charge is 2.53. The lowest BCUT2D eigenvalue weighted by atomic mass is 9.60. The topological polar surface area (TPSA) is 106 Å². The molecule has 4 N–H and O–H groups in total. The zero-order chi connectivity index (χ0) is 29.2. The Morgan fingerprint density at radius 1 is 1.02 bits per heavy atom. The van der Waals surface area contributed by atoms with Gasteiger partial charge in [-0.15, -0.1) is 0 Å². The van der Waals surface area contributed by atoms with E-state index in [9.17, 15) is 9.59 Å². The molecule has 0 unspecified atom stereocenters. The number of piperidine rings is 2. The lowest BCUT2D eigenvalue weighted by Gasteiger charge is -2.51. The molecule has 3 amide bonds. The average Bonchev–Trinajstić information content (AvgIpc) is 3.05. The van der Waals surface area contributed by atoms with Gasteiger partial charge in [-0.2, -0.15) is 0 Å². The van der Waals surface area contributed by atoms with Crippen molar-refractivity contribution in [3.05, 3.63) is 60.7 Å². The first kappa shape index (κ1) is 31.3. The third-order valence-corrected chi connectivity index (χ3v) is 10.3. The molecule has 1 aliphatic carbocycles. The van der Waals surface area contributed by atoms with Crippen LogP contribution in [0.25, 0.3) is 0 Å². The van der Waals surface area contributed by atoms with E-state index >= 15 is 0 Å².